The molecule has 0 aliphatic carbocycles. The van der Waals surface area contributed by atoms with Crippen molar-refractivity contribution < 1.29 is 9.47 Å². The van der Waals surface area contributed by atoms with E-state index in [0.717, 1.165) is 61.7 Å². The monoisotopic (exact) mass is 368 g/mol. The van der Waals surface area contributed by atoms with Crippen molar-refractivity contribution in [2.24, 2.45) is 5.92 Å². The van der Waals surface area contributed by atoms with Crippen LogP contribution in [-0.2, 0) is 13.0 Å². The minimum absolute atomic E-state index is 0.781. The summed E-state index contributed by atoms with van der Waals surface area (Å²) >= 11 is 0. The quantitative estimate of drug-likeness (QED) is 0.825. The molecule has 0 N–H and O–H groups in total. The molecule has 144 valence electrons. The highest BCUT2D eigenvalue weighted by atomic mass is 16.5. The Kier molecular flexibility index (Phi) is 5.05. The highest BCUT2D eigenvalue weighted by molar-refractivity contribution is 5.54. The van der Waals surface area contributed by atoms with Gasteiger partial charge in [0.2, 0.25) is 0 Å². The third-order valence-electron chi connectivity index (χ3n) is 5.79. The SMILES string of the molecule is COc1cc2c(cc1OC)CN(c1cc(N3CCC(C)CC3)ncn1)CC2. The van der Waals surface area contributed by atoms with Gasteiger partial charge in [-0.05, 0) is 48.4 Å². The van der Waals surface area contributed by atoms with Gasteiger partial charge < -0.3 is 19.3 Å². The van der Waals surface area contributed by atoms with E-state index in [0.29, 0.717) is 0 Å². The van der Waals surface area contributed by atoms with Crippen LogP contribution in [0.2, 0.25) is 0 Å². The van der Waals surface area contributed by atoms with Gasteiger partial charge in [-0.1, -0.05) is 6.92 Å². The molecule has 2 aliphatic rings. The second kappa shape index (κ2) is 7.62. The fourth-order valence-corrected chi connectivity index (χ4v) is 4.00. The lowest BCUT2D eigenvalue weighted by Crippen LogP contribution is -2.34. The van der Waals surface area contributed by atoms with Gasteiger partial charge in [-0.3, -0.25) is 0 Å². The van der Waals surface area contributed by atoms with Gasteiger partial charge in [0.1, 0.15) is 18.0 Å². The van der Waals surface area contributed by atoms with Crippen molar-refractivity contribution in [3.8, 4) is 11.5 Å². The first-order valence-corrected chi connectivity index (χ1v) is 9.73. The van der Waals surface area contributed by atoms with E-state index in [1.54, 1.807) is 20.5 Å². The molecule has 1 saturated heterocycles. The Morgan fingerprint density at radius 3 is 2.15 bits per heavy atom. The Morgan fingerprint density at radius 2 is 1.48 bits per heavy atom. The van der Waals surface area contributed by atoms with E-state index >= 15 is 0 Å². The Balaban J connectivity index is 1.54. The molecule has 0 spiro atoms. The van der Waals surface area contributed by atoms with Crippen molar-refractivity contribution in [1.29, 1.82) is 0 Å². The molecular formula is C21H28N4O2. The predicted molar refractivity (Wildman–Crippen MR) is 107 cm³/mol. The number of piperidine rings is 1. The summed E-state index contributed by atoms with van der Waals surface area (Å²) in [5.74, 6) is 4.44. The third-order valence-corrected chi connectivity index (χ3v) is 5.79. The summed E-state index contributed by atoms with van der Waals surface area (Å²) in [7, 11) is 3.37. The molecule has 2 aromatic rings. The van der Waals surface area contributed by atoms with Crippen molar-refractivity contribution in [3.05, 3.63) is 35.7 Å². The van der Waals surface area contributed by atoms with E-state index in [1.807, 2.05) is 0 Å². The van der Waals surface area contributed by atoms with Gasteiger partial charge in [0, 0.05) is 32.2 Å². The molecule has 4 rings (SSSR count). The summed E-state index contributed by atoms with van der Waals surface area (Å²) in [6, 6.07) is 6.34. The maximum absolute atomic E-state index is 5.47. The molecule has 3 heterocycles. The van der Waals surface area contributed by atoms with Crippen molar-refractivity contribution >= 4 is 11.6 Å². The smallest absolute Gasteiger partial charge is 0.161 e. The van der Waals surface area contributed by atoms with Crippen LogP contribution in [0.15, 0.2) is 24.5 Å². The Bertz CT molecular complexity index is 803. The summed E-state index contributed by atoms with van der Waals surface area (Å²) in [6.07, 6.45) is 5.14. The van der Waals surface area contributed by atoms with E-state index in [-0.39, 0.29) is 0 Å². The van der Waals surface area contributed by atoms with E-state index in [2.05, 4.69) is 44.9 Å². The standard InChI is InChI=1S/C21H28N4O2/c1-15-4-7-24(8-5-15)20-12-21(23-14-22-20)25-9-6-16-10-18(26-2)19(27-3)11-17(16)13-25/h10-12,14-15H,4-9,13H2,1-3H3. The number of benzene rings is 1. The molecule has 0 saturated carbocycles. The van der Waals surface area contributed by atoms with Crippen molar-refractivity contribution in [3.63, 3.8) is 0 Å². The first-order chi connectivity index (χ1) is 13.2. The van der Waals surface area contributed by atoms with E-state index in [1.165, 1.54) is 24.0 Å². The zero-order chi connectivity index (χ0) is 18.8. The van der Waals surface area contributed by atoms with Gasteiger partial charge in [-0.2, -0.15) is 0 Å². The van der Waals surface area contributed by atoms with Gasteiger partial charge in [-0.15, -0.1) is 0 Å². The van der Waals surface area contributed by atoms with Gasteiger partial charge in [-0.25, -0.2) is 9.97 Å². The Labute approximate surface area is 161 Å². The lowest BCUT2D eigenvalue weighted by molar-refractivity contribution is 0.353. The summed E-state index contributed by atoms with van der Waals surface area (Å²) in [5, 5.41) is 0. The number of fused-ring (bicyclic) bond motifs is 1. The minimum Gasteiger partial charge on any atom is -0.493 e. The number of aromatic nitrogens is 2. The lowest BCUT2D eigenvalue weighted by atomic mass is 9.98. The minimum atomic E-state index is 0.781. The van der Waals surface area contributed by atoms with Crippen LogP contribution < -0.4 is 19.3 Å². The highest BCUT2D eigenvalue weighted by Gasteiger charge is 2.22. The molecule has 6 heteroatoms. The molecule has 0 unspecified atom stereocenters. The highest BCUT2D eigenvalue weighted by Crippen LogP contribution is 2.34. The maximum atomic E-state index is 5.47. The number of ether oxygens (including phenoxy) is 2. The fraction of sp³-hybridized carbons (Fsp3) is 0.524. The summed E-state index contributed by atoms with van der Waals surface area (Å²) in [4.78, 5) is 13.8. The summed E-state index contributed by atoms with van der Waals surface area (Å²) < 4.78 is 10.9. The normalized spacial score (nSPS) is 17.6. The molecular weight excluding hydrogens is 340 g/mol. The average Bonchev–Trinajstić information content (AvgIpc) is 2.73. The van der Waals surface area contributed by atoms with Gasteiger partial charge in [0.05, 0.1) is 14.2 Å². The molecule has 27 heavy (non-hydrogen) atoms. The molecule has 0 bridgehead atoms. The largest absolute Gasteiger partial charge is 0.493 e. The van der Waals surface area contributed by atoms with E-state index in [9.17, 15) is 0 Å². The number of rotatable bonds is 4. The van der Waals surface area contributed by atoms with Crippen LogP contribution in [0.1, 0.15) is 30.9 Å². The molecule has 1 aromatic carbocycles. The second-order valence-corrected chi connectivity index (χ2v) is 7.55. The van der Waals surface area contributed by atoms with Gasteiger partial charge in [0.15, 0.2) is 11.5 Å². The van der Waals surface area contributed by atoms with Crippen LogP contribution in [-0.4, -0.2) is 43.8 Å². The summed E-state index contributed by atoms with van der Waals surface area (Å²) in [5.41, 5.74) is 2.59. The molecule has 6 nitrogen and oxygen atoms in total. The first-order valence-electron chi connectivity index (χ1n) is 9.73. The van der Waals surface area contributed by atoms with Crippen molar-refractivity contribution in [1.82, 2.24) is 9.97 Å². The van der Waals surface area contributed by atoms with E-state index < -0.39 is 0 Å². The van der Waals surface area contributed by atoms with Crippen molar-refractivity contribution in [2.45, 2.75) is 32.7 Å². The number of hydrogen-bond acceptors (Lipinski definition) is 6. The maximum Gasteiger partial charge on any atom is 0.161 e. The van der Waals surface area contributed by atoms with Gasteiger partial charge >= 0.3 is 0 Å². The Morgan fingerprint density at radius 1 is 0.852 bits per heavy atom. The topological polar surface area (TPSA) is 50.7 Å². The third kappa shape index (κ3) is 3.66. The molecule has 0 amide bonds. The summed E-state index contributed by atoms with van der Waals surface area (Å²) in [6.45, 7) is 6.26. The van der Waals surface area contributed by atoms with Crippen LogP contribution >= 0.6 is 0 Å². The first kappa shape index (κ1) is 17.9. The average molecular weight is 368 g/mol. The zero-order valence-electron chi connectivity index (χ0n) is 16.4. The van der Waals surface area contributed by atoms with Crippen LogP contribution in [0.3, 0.4) is 0 Å². The van der Waals surface area contributed by atoms with Crippen LogP contribution in [0.5, 0.6) is 11.5 Å². The fourth-order valence-electron chi connectivity index (χ4n) is 4.00. The molecule has 2 aliphatic heterocycles. The van der Waals surface area contributed by atoms with Crippen LogP contribution in [0.4, 0.5) is 11.6 Å². The number of methoxy groups -OCH3 is 2. The van der Waals surface area contributed by atoms with Crippen LogP contribution in [0.25, 0.3) is 0 Å². The zero-order valence-corrected chi connectivity index (χ0v) is 16.4. The van der Waals surface area contributed by atoms with E-state index in [4.69, 9.17) is 9.47 Å². The number of nitrogens with zero attached hydrogens (tertiary/aromatic N) is 4. The molecule has 0 radical (unpaired) electrons. The van der Waals surface area contributed by atoms with Crippen molar-refractivity contribution in [2.75, 3.05) is 43.7 Å². The Hall–Kier alpha value is -2.50. The molecule has 1 aromatic heterocycles. The van der Waals surface area contributed by atoms with Gasteiger partial charge in [0.25, 0.3) is 0 Å². The predicted octanol–water partition coefficient (Wildman–Crippen LogP) is 3.29. The number of anilines is 2. The molecule has 1 fully saturated rings. The van der Waals surface area contributed by atoms with Crippen LogP contribution in [0, 0.1) is 5.92 Å². The number of hydrogen-bond donors (Lipinski definition) is 0. The molecule has 0 atom stereocenters. The second-order valence-electron chi connectivity index (χ2n) is 7.55. The lowest BCUT2D eigenvalue weighted by Gasteiger charge is -2.33.